The summed E-state index contributed by atoms with van der Waals surface area (Å²) in [5.74, 6) is 1.94. The highest BCUT2D eigenvalue weighted by Crippen LogP contribution is 2.13. The van der Waals surface area contributed by atoms with Gasteiger partial charge in [-0.05, 0) is 0 Å². The number of aryl methyl sites for hydroxylation is 1. The summed E-state index contributed by atoms with van der Waals surface area (Å²) in [5, 5.41) is 8.31. The van der Waals surface area contributed by atoms with Crippen molar-refractivity contribution in [3.05, 3.63) is 12.3 Å². The van der Waals surface area contributed by atoms with Gasteiger partial charge in [-0.2, -0.15) is 5.10 Å². The van der Waals surface area contributed by atoms with E-state index in [0.717, 1.165) is 23.3 Å². The van der Waals surface area contributed by atoms with Gasteiger partial charge in [0, 0.05) is 25.1 Å². The first-order valence-corrected chi connectivity index (χ1v) is 4.77. The van der Waals surface area contributed by atoms with Crippen molar-refractivity contribution in [3.63, 3.8) is 0 Å². The van der Waals surface area contributed by atoms with Crippen LogP contribution in [0.1, 0.15) is 0 Å². The van der Waals surface area contributed by atoms with Crippen molar-refractivity contribution >= 4 is 22.7 Å². The Bertz CT molecular complexity index is 304. The van der Waals surface area contributed by atoms with Crippen LogP contribution < -0.4 is 5.32 Å². The Kier molecular flexibility index (Phi) is 2.03. The molecule has 0 saturated carbocycles. The van der Waals surface area contributed by atoms with Crippen molar-refractivity contribution in [2.24, 2.45) is 12.0 Å². The van der Waals surface area contributed by atoms with Gasteiger partial charge < -0.3 is 5.32 Å². The third-order valence-corrected chi connectivity index (χ3v) is 2.43. The molecule has 0 atom stereocenters. The van der Waals surface area contributed by atoms with Crippen molar-refractivity contribution in [1.82, 2.24) is 9.78 Å². The average molecular weight is 182 g/mol. The number of nitrogens with one attached hydrogen (secondary N) is 1. The average Bonchev–Trinajstić information content (AvgIpc) is 2.63. The van der Waals surface area contributed by atoms with Crippen LogP contribution in [0.2, 0.25) is 0 Å². The van der Waals surface area contributed by atoms with E-state index in [2.05, 4.69) is 15.4 Å². The third kappa shape index (κ3) is 1.61. The van der Waals surface area contributed by atoms with E-state index in [-0.39, 0.29) is 0 Å². The molecule has 1 aliphatic rings. The molecular weight excluding hydrogens is 172 g/mol. The highest BCUT2D eigenvalue weighted by Gasteiger charge is 2.07. The maximum absolute atomic E-state index is 4.26. The van der Waals surface area contributed by atoms with Gasteiger partial charge in [-0.1, -0.05) is 11.8 Å². The maximum Gasteiger partial charge on any atom is 0.162 e. The SMILES string of the molecule is Cn1ccc(NC2=NCCS2)n1. The van der Waals surface area contributed by atoms with Crippen LogP contribution in [0.3, 0.4) is 0 Å². The second-order valence-electron chi connectivity index (χ2n) is 2.53. The molecule has 0 bridgehead atoms. The number of hydrogen-bond acceptors (Lipinski definition) is 4. The molecule has 0 unspecified atom stereocenters. The van der Waals surface area contributed by atoms with E-state index in [4.69, 9.17) is 0 Å². The molecule has 0 spiro atoms. The maximum atomic E-state index is 4.26. The molecule has 0 aromatic carbocycles. The van der Waals surface area contributed by atoms with Crippen molar-refractivity contribution in [1.29, 1.82) is 0 Å². The Morgan fingerprint density at radius 3 is 3.17 bits per heavy atom. The zero-order chi connectivity index (χ0) is 8.39. The van der Waals surface area contributed by atoms with Gasteiger partial charge in [0.2, 0.25) is 0 Å². The Balaban J connectivity index is 2.03. The fourth-order valence-electron chi connectivity index (χ4n) is 1.00. The fourth-order valence-corrected chi connectivity index (χ4v) is 1.74. The first-order valence-electron chi connectivity index (χ1n) is 3.78. The Hall–Kier alpha value is -0.970. The van der Waals surface area contributed by atoms with E-state index in [1.165, 1.54) is 0 Å². The molecular formula is C7H10N4S. The summed E-state index contributed by atoms with van der Waals surface area (Å²) in [6.07, 6.45) is 1.91. The molecule has 0 fully saturated rings. The predicted octanol–water partition coefficient (Wildman–Crippen LogP) is 0.935. The van der Waals surface area contributed by atoms with Crippen molar-refractivity contribution < 1.29 is 0 Å². The number of amidine groups is 1. The molecule has 1 aromatic rings. The normalized spacial score (nSPS) is 16.2. The molecule has 2 heterocycles. The van der Waals surface area contributed by atoms with Crippen LogP contribution in [0.5, 0.6) is 0 Å². The number of aliphatic imine (C=N–C) groups is 1. The molecule has 0 radical (unpaired) electrons. The number of aromatic nitrogens is 2. The van der Waals surface area contributed by atoms with E-state index in [9.17, 15) is 0 Å². The van der Waals surface area contributed by atoms with Crippen molar-refractivity contribution in [2.45, 2.75) is 0 Å². The standard InChI is InChI=1S/C7H10N4S/c1-11-4-2-6(10-11)9-7-8-3-5-12-7/h2,4H,3,5H2,1H3,(H,8,9,10). The quantitative estimate of drug-likeness (QED) is 0.702. The number of hydrogen-bond donors (Lipinski definition) is 1. The van der Waals surface area contributed by atoms with Crippen LogP contribution in [-0.2, 0) is 7.05 Å². The van der Waals surface area contributed by atoms with E-state index < -0.39 is 0 Å². The molecule has 4 nitrogen and oxygen atoms in total. The van der Waals surface area contributed by atoms with Crippen LogP contribution >= 0.6 is 11.8 Å². The van der Waals surface area contributed by atoms with Crippen LogP contribution in [-0.4, -0.2) is 27.2 Å². The smallest absolute Gasteiger partial charge is 0.162 e. The van der Waals surface area contributed by atoms with Gasteiger partial charge in [0.05, 0.1) is 6.54 Å². The topological polar surface area (TPSA) is 42.2 Å². The summed E-state index contributed by atoms with van der Waals surface area (Å²) in [4.78, 5) is 4.26. The minimum Gasteiger partial charge on any atom is -0.318 e. The number of thioether (sulfide) groups is 1. The molecule has 12 heavy (non-hydrogen) atoms. The summed E-state index contributed by atoms with van der Waals surface area (Å²) in [6.45, 7) is 0.917. The number of anilines is 1. The summed E-state index contributed by atoms with van der Waals surface area (Å²) < 4.78 is 1.77. The lowest BCUT2D eigenvalue weighted by Crippen LogP contribution is -2.05. The van der Waals surface area contributed by atoms with E-state index in [1.54, 1.807) is 16.4 Å². The lowest BCUT2D eigenvalue weighted by molar-refractivity contribution is 0.772. The van der Waals surface area contributed by atoms with Crippen LogP contribution in [0.25, 0.3) is 0 Å². The monoisotopic (exact) mass is 182 g/mol. The Labute approximate surface area is 75.1 Å². The zero-order valence-corrected chi connectivity index (χ0v) is 7.64. The lowest BCUT2D eigenvalue weighted by Gasteiger charge is -1.98. The van der Waals surface area contributed by atoms with E-state index >= 15 is 0 Å². The first kappa shape index (κ1) is 7.67. The first-order chi connectivity index (χ1) is 5.84. The molecule has 0 saturated heterocycles. The Morgan fingerprint density at radius 1 is 1.67 bits per heavy atom. The highest BCUT2D eigenvalue weighted by molar-refractivity contribution is 8.14. The van der Waals surface area contributed by atoms with Crippen LogP contribution in [0.15, 0.2) is 17.3 Å². The predicted molar refractivity (Wildman–Crippen MR) is 51.6 cm³/mol. The molecule has 0 amide bonds. The molecule has 2 rings (SSSR count). The van der Waals surface area contributed by atoms with Crippen molar-refractivity contribution in [2.75, 3.05) is 17.6 Å². The van der Waals surface area contributed by atoms with Gasteiger partial charge in [-0.15, -0.1) is 0 Å². The molecule has 1 aromatic heterocycles. The van der Waals surface area contributed by atoms with Gasteiger partial charge >= 0.3 is 0 Å². The highest BCUT2D eigenvalue weighted by atomic mass is 32.2. The molecule has 1 aliphatic heterocycles. The Morgan fingerprint density at radius 2 is 2.58 bits per heavy atom. The molecule has 0 aliphatic carbocycles. The van der Waals surface area contributed by atoms with E-state index in [1.807, 2.05) is 19.3 Å². The van der Waals surface area contributed by atoms with Crippen LogP contribution in [0.4, 0.5) is 5.82 Å². The second-order valence-corrected chi connectivity index (χ2v) is 3.62. The zero-order valence-electron chi connectivity index (χ0n) is 6.82. The fraction of sp³-hybridized carbons (Fsp3) is 0.429. The molecule has 1 N–H and O–H groups in total. The van der Waals surface area contributed by atoms with Gasteiger partial charge in [-0.3, -0.25) is 9.67 Å². The van der Waals surface area contributed by atoms with Gasteiger partial charge in [0.1, 0.15) is 0 Å². The van der Waals surface area contributed by atoms with Crippen LogP contribution in [0, 0.1) is 0 Å². The minimum absolute atomic E-state index is 0.866. The van der Waals surface area contributed by atoms with Gasteiger partial charge in [0.25, 0.3) is 0 Å². The lowest BCUT2D eigenvalue weighted by atomic mass is 10.6. The van der Waals surface area contributed by atoms with Crippen molar-refractivity contribution in [3.8, 4) is 0 Å². The van der Waals surface area contributed by atoms with Gasteiger partial charge in [0.15, 0.2) is 11.0 Å². The minimum atomic E-state index is 0.866. The number of nitrogens with zero attached hydrogens (tertiary/aromatic N) is 3. The summed E-state index contributed by atoms with van der Waals surface area (Å²) in [7, 11) is 1.90. The second kappa shape index (κ2) is 3.18. The van der Waals surface area contributed by atoms with Gasteiger partial charge in [-0.25, -0.2) is 0 Å². The number of rotatable bonds is 1. The summed E-state index contributed by atoms with van der Waals surface area (Å²) >= 11 is 1.74. The molecule has 5 heteroatoms. The molecule has 64 valence electrons. The largest absolute Gasteiger partial charge is 0.318 e. The third-order valence-electron chi connectivity index (χ3n) is 1.53. The van der Waals surface area contributed by atoms with E-state index in [0.29, 0.717) is 0 Å². The summed E-state index contributed by atoms with van der Waals surface area (Å²) in [6, 6.07) is 1.93. The summed E-state index contributed by atoms with van der Waals surface area (Å²) in [5.41, 5.74) is 0.